The van der Waals surface area contributed by atoms with Gasteiger partial charge in [-0.2, -0.15) is 0 Å². The maximum Gasteiger partial charge on any atom is 0.270 e. The SMILES string of the molecule is O=C(C=Cc1cccs1)NNC(=O)c1cccc([N+](=O)[O-])c1. The van der Waals surface area contributed by atoms with Crippen LogP contribution in [0.5, 0.6) is 0 Å². The minimum atomic E-state index is -0.637. The van der Waals surface area contributed by atoms with Gasteiger partial charge < -0.3 is 0 Å². The molecule has 7 nitrogen and oxygen atoms in total. The molecular formula is C14H11N3O4S. The number of amides is 2. The van der Waals surface area contributed by atoms with Gasteiger partial charge in [0.2, 0.25) is 0 Å². The van der Waals surface area contributed by atoms with E-state index in [2.05, 4.69) is 10.9 Å². The molecule has 112 valence electrons. The number of hydrazine groups is 1. The van der Waals surface area contributed by atoms with Crippen LogP contribution in [0, 0.1) is 10.1 Å². The Kier molecular flexibility index (Phi) is 4.99. The van der Waals surface area contributed by atoms with Crippen LogP contribution in [-0.2, 0) is 4.79 Å². The molecule has 22 heavy (non-hydrogen) atoms. The van der Waals surface area contributed by atoms with Crippen LogP contribution in [0.3, 0.4) is 0 Å². The first-order valence-corrected chi connectivity index (χ1v) is 7.00. The lowest BCUT2D eigenvalue weighted by molar-refractivity contribution is -0.384. The van der Waals surface area contributed by atoms with Crippen LogP contribution in [0.2, 0.25) is 0 Å². The van der Waals surface area contributed by atoms with Gasteiger partial charge in [-0.3, -0.25) is 30.6 Å². The number of benzene rings is 1. The number of carbonyl (C=O) groups excluding carboxylic acids is 2. The van der Waals surface area contributed by atoms with Crippen molar-refractivity contribution < 1.29 is 14.5 Å². The maximum atomic E-state index is 11.8. The van der Waals surface area contributed by atoms with E-state index in [1.807, 2.05) is 17.5 Å². The lowest BCUT2D eigenvalue weighted by atomic mass is 10.2. The zero-order valence-corrected chi connectivity index (χ0v) is 12.0. The summed E-state index contributed by atoms with van der Waals surface area (Å²) in [5.41, 5.74) is 4.27. The smallest absolute Gasteiger partial charge is 0.268 e. The van der Waals surface area contributed by atoms with E-state index in [9.17, 15) is 19.7 Å². The van der Waals surface area contributed by atoms with E-state index in [-0.39, 0.29) is 11.3 Å². The van der Waals surface area contributed by atoms with Gasteiger partial charge >= 0.3 is 0 Å². The van der Waals surface area contributed by atoms with Crippen molar-refractivity contribution in [3.8, 4) is 0 Å². The number of hydrogen-bond donors (Lipinski definition) is 2. The molecule has 2 rings (SSSR count). The zero-order valence-electron chi connectivity index (χ0n) is 11.2. The van der Waals surface area contributed by atoms with Crippen LogP contribution < -0.4 is 10.9 Å². The number of carbonyl (C=O) groups is 2. The topological polar surface area (TPSA) is 101 Å². The number of nitrogens with one attached hydrogen (secondary N) is 2. The second-order valence-corrected chi connectivity index (χ2v) is 5.08. The standard InChI is InChI=1S/C14H11N3O4S/c18-13(7-6-12-5-2-8-22-12)15-16-14(19)10-3-1-4-11(9-10)17(20)21/h1-9H,(H,15,18)(H,16,19). The van der Waals surface area contributed by atoms with Crippen LogP contribution in [0.25, 0.3) is 6.08 Å². The van der Waals surface area contributed by atoms with Gasteiger partial charge in [-0.25, -0.2) is 0 Å². The van der Waals surface area contributed by atoms with Crippen molar-refractivity contribution in [3.63, 3.8) is 0 Å². The largest absolute Gasteiger partial charge is 0.270 e. The molecule has 0 radical (unpaired) electrons. The highest BCUT2D eigenvalue weighted by Gasteiger charge is 2.11. The van der Waals surface area contributed by atoms with Crippen LogP contribution in [0.15, 0.2) is 47.9 Å². The predicted molar refractivity (Wildman–Crippen MR) is 82.1 cm³/mol. The van der Waals surface area contributed by atoms with Crippen LogP contribution in [-0.4, -0.2) is 16.7 Å². The molecule has 1 aromatic carbocycles. The summed E-state index contributed by atoms with van der Waals surface area (Å²) < 4.78 is 0. The fourth-order valence-corrected chi connectivity index (χ4v) is 2.15. The molecule has 2 amide bonds. The summed E-state index contributed by atoms with van der Waals surface area (Å²) in [7, 11) is 0. The van der Waals surface area contributed by atoms with Crippen molar-refractivity contribution in [1.29, 1.82) is 0 Å². The summed E-state index contributed by atoms with van der Waals surface area (Å²) in [6.07, 6.45) is 2.89. The monoisotopic (exact) mass is 317 g/mol. The van der Waals surface area contributed by atoms with Crippen molar-refractivity contribution in [3.05, 3.63) is 68.4 Å². The molecule has 0 spiro atoms. The number of non-ortho nitro benzene ring substituents is 1. The fourth-order valence-electron chi connectivity index (χ4n) is 1.54. The Morgan fingerprint density at radius 2 is 2.00 bits per heavy atom. The van der Waals surface area contributed by atoms with E-state index < -0.39 is 16.7 Å². The molecule has 0 saturated carbocycles. The maximum absolute atomic E-state index is 11.8. The lowest BCUT2D eigenvalue weighted by Gasteiger charge is -2.05. The van der Waals surface area contributed by atoms with E-state index in [0.29, 0.717) is 0 Å². The van der Waals surface area contributed by atoms with E-state index in [4.69, 9.17) is 0 Å². The number of rotatable bonds is 4. The summed E-state index contributed by atoms with van der Waals surface area (Å²) in [4.78, 5) is 34.3. The third-order valence-electron chi connectivity index (χ3n) is 2.56. The Morgan fingerprint density at radius 1 is 1.18 bits per heavy atom. The highest BCUT2D eigenvalue weighted by molar-refractivity contribution is 7.10. The van der Waals surface area contributed by atoms with Crippen molar-refractivity contribution in [2.24, 2.45) is 0 Å². The summed E-state index contributed by atoms with van der Waals surface area (Å²) >= 11 is 1.47. The predicted octanol–water partition coefficient (Wildman–Crippen LogP) is 2.13. The van der Waals surface area contributed by atoms with Gasteiger partial charge in [0, 0.05) is 28.6 Å². The van der Waals surface area contributed by atoms with E-state index >= 15 is 0 Å². The first kappa shape index (κ1) is 15.4. The molecule has 0 aliphatic carbocycles. The average Bonchev–Trinajstić information content (AvgIpc) is 3.04. The van der Waals surface area contributed by atoms with Gasteiger partial charge in [-0.15, -0.1) is 11.3 Å². The highest BCUT2D eigenvalue weighted by atomic mass is 32.1. The van der Waals surface area contributed by atoms with E-state index in [1.54, 1.807) is 6.08 Å². The van der Waals surface area contributed by atoms with Gasteiger partial charge in [0.25, 0.3) is 17.5 Å². The summed E-state index contributed by atoms with van der Waals surface area (Å²) in [6, 6.07) is 8.91. The Hall–Kier alpha value is -3.00. The van der Waals surface area contributed by atoms with Gasteiger partial charge in [0.05, 0.1) is 4.92 Å². The Morgan fingerprint density at radius 3 is 2.68 bits per heavy atom. The summed E-state index contributed by atoms with van der Waals surface area (Å²) in [6.45, 7) is 0. The molecule has 2 N–H and O–H groups in total. The molecule has 2 aromatic rings. The molecule has 0 unspecified atom stereocenters. The number of nitro groups is 1. The van der Waals surface area contributed by atoms with Gasteiger partial charge in [0.15, 0.2) is 0 Å². The number of nitrogens with zero attached hydrogens (tertiary/aromatic N) is 1. The first-order valence-electron chi connectivity index (χ1n) is 6.12. The summed E-state index contributed by atoms with van der Waals surface area (Å²) in [5, 5.41) is 12.5. The molecule has 8 heteroatoms. The Bertz CT molecular complexity index is 725. The summed E-state index contributed by atoms with van der Waals surface area (Å²) in [5.74, 6) is -1.14. The second kappa shape index (κ2) is 7.14. The first-order chi connectivity index (χ1) is 10.6. The normalized spacial score (nSPS) is 10.4. The number of nitro benzene ring substituents is 1. The van der Waals surface area contributed by atoms with Crippen LogP contribution >= 0.6 is 11.3 Å². The molecular weight excluding hydrogens is 306 g/mol. The number of hydrogen-bond acceptors (Lipinski definition) is 5. The Labute approximate surface area is 129 Å². The molecule has 0 bridgehead atoms. The minimum absolute atomic E-state index is 0.0803. The van der Waals surface area contributed by atoms with E-state index in [0.717, 1.165) is 10.9 Å². The van der Waals surface area contributed by atoms with Crippen molar-refractivity contribution in [2.75, 3.05) is 0 Å². The van der Waals surface area contributed by atoms with Crippen molar-refractivity contribution >= 4 is 34.9 Å². The zero-order chi connectivity index (χ0) is 15.9. The average molecular weight is 317 g/mol. The number of thiophene rings is 1. The minimum Gasteiger partial charge on any atom is -0.268 e. The molecule has 0 aliphatic rings. The van der Waals surface area contributed by atoms with Crippen molar-refractivity contribution in [2.45, 2.75) is 0 Å². The molecule has 0 fully saturated rings. The van der Waals surface area contributed by atoms with Gasteiger partial charge in [-0.05, 0) is 23.6 Å². The third-order valence-corrected chi connectivity index (χ3v) is 3.40. The molecule has 1 heterocycles. The highest BCUT2D eigenvalue weighted by Crippen LogP contribution is 2.12. The molecule has 0 saturated heterocycles. The van der Waals surface area contributed by atoms with Gasteiger partial charge in [0.1, 0.15) is 0 Å². The quantitative estimate of drug-likeness (QED) is 0.512. The van der Waals surface area contributed by atoms with Crippen molar-refractivity contribution in [1.82, 2.24) is 10.9 Å². The molecule has 0 aliphatic heterocycles. The van der Waals surface area contributed by atoms with Gasteiger partial charge in [-0.1, -0.05) is 12.1 Å². The second-order valence-electron chi connectivity index (χ2n) is 4.10. The van der Waals surface area contributed by atoms with Crippen LogP contribution in [0.4, 0.5) is 5.69 Å². The Balaban J connectivity index is 1.91. The van der Waals surface area contributed by atoms with Crippen LogP contribution in [0.1, 0.15) is 15.2 Å². The molecule has 0 atom stereocenters. The third kappa shape index (κ3) is 4.25. The van der Waals surface area contributed by atoms with E-state index in [1.165, 1.54) is 35.6 Å². The lowest BCUT2D eigenvalue weighted by Crippen LogP contribution is -2.40. The fraction of sp³-hybridized carbons (Fsp3) is 0. The molecule has 1 aromatic heterocycles.